The average Bonchev–Trinajstić information content (AvgIpc) is 2.40. The average molecular weight is 276 g/mol. The van der Waals surface area contributed by atoms with Crippen LogP contribution in [0.25, 0.3) is 6.08 Å². The van der Waals surface area contributed by atoms with Crippen molar-refractivity contribution in [3.05, 3.63) is 72.1 Å². The van der Waals surface area contributed by atoms with Crippen LogP contribution < -0.4 is 0 Å². The van der Waals surface area contributed by atoms with Crippen LogP contribution in [0, 0.1) is 5.82 Å². The summed E-state index contributed by atoms with van der Waals surface area (Å²) in [5.74, 6) is -0.696. The maximum atomic E-state index is 13.0. The first kappa shape index (κ1) is 13.5. The summed E-state index contributed by atoms with van der Waals surface area (Å²) in [5.41, 5.74) is 0.928. The lowest BCUT2D eigenvalue weighted by Gasteiger charge is -2.01. The SMILES string of the molecule is O=S(=O)(C/C=C/c1ccccc1)c1cccc(F)c1. The zero-order valence-corrected chi connectivity index (χ0v) is 11.0. The molecule has 0 unspecified atom stereocenters. The molecule has 0 N–H and O–H groups in total. The molecule has 4 heteroatoms. The molecule has 0 fully saturated rings. The third-order valence-corrected chi connectivity index (χ3v) is 4.18. The van der Waals surface area contributed by atoms with Gasteiger partial charge in [0.05, 0.1) is 10.6 Å². The van der Waals surface area contributed by atoms with Gasteiger partial charge in [-0.05, 0) is 23.8 Å². The van der Waals surface area contributed by atoms with Gasteiger partial charge in [0.25, 0.3) is 0 Å². The van der Waals surface area contributed by atoms with E-state index in [9.17, 15) is 12.8 Å². The van der Waals surface area contributed by atoms with E-state index in [1.54, 1.807) is 12.2 Å². The normalized spacial score (nSPS) is 11.8. The molecule has 0 saturated carbocycles. The van der Waals surface area contributed by atoms with Gasteiger partial charge in [-0.2, -0.15) is 0 Å². The van der Waals surface area contributed by atoms with Crippen LogP contribution in [0.5, 0.6) is 0 Å². The summed E-state index contributed by atoms with van der Waals surface area (Å²) in [5, 5.41) is 0. The molecule has 0 radical (unpaired) electrons. The molecule has 2 nitrogen and oxygen atoms in total. The van der Waals surface area contributed by atoms with Crippen molar-refractivity contribution < 1.29 is 12.8 Å². The maximum Gasteiger partial charge on any atom is 0.182 e. The Labute approximate surface area is 112 Å². The smallest absolute Gasteiger partial charge is 0.182 e. The van der Waals surface area contributed by atoms with Crippen LogP contribution in [0.15, 0.2) is 65.6 Å². The molecule has 0 bridgehead atoms. The second-order valence-electron chi connectivity index (χ2n) is 4.05. The summed E-state index contributed by atoms with van der Waals surface area (Å²) in [6.07, 6.45) is 3.30. The highest BCUT2D eigenvalue weighted by Crippen LogP contribution is 2.13. The molecule has 0 aromatic heterocycles. The number of sulfone groups is 1. The van der Waals surface area contributed by atoms with E-state index in [-0.39, 0.29) is 10.6 Å². The summed E-state index contributed by atoms with van der Waals surface area (Å²) in [6, 6.07) is 14.4. The summed E-state index contributed by atoms with van der Waals surface area (Å²) >= 11 is 0. The Kier molecular flexibility index (Phi) is 4.12. The summed E-state index contributed by atoms with van der Waals surface area (Å²) in [4.78, 5) is 0.00483. The number of hydrogen-bond donors (Lipinski definition) is 0. The van der Waals surface area contributed by atoms with E-state index >= 15 is 0 Å². The third kappa shape index (κ3) is 3.76. The van der Waals surface area contributed by atoms with Crippen LogP contribution in [-0.2, 0) is 9.84 Å². The van der Waals surface area contributed by atoms with Crippen molar-refractivity contribution in [2.75, 3.05) is 5.75 Å². The minimum absolute atomic E-state index is 0.00483. The number of halogens is 1. The zero-order valence-electron chi connectivity index (χ0n) is 10.2. The fourth-order valence-corrected chi connectivity index (χ4v) is 2.75. The third-order valence-electron chi connectivity index (χ3n) is 2.58. The monoisotopic (exact) mass is 276 g/mol. The Bertz CT molecular complexity index is 676. The second kappa shape index (κ2) is 5.80. The van der Waals surface area contributed by atoms with E-state index in [4.69, 9.17) is 0 Å². The Morgan fingerprint density at radius 3 is 2.42 bits per heavy atom. The van der Waals surface area contributed by atoms with Gasteiger partial charge in [0.1, 0.15) is 5.82 Å². The van der Waals surface area contributed by atoms with E-state index in [1.807, 2.05) is 30.3 Å². The van der Waals surface area contributed by atoms with Crippen LogP contribution >= 0.6 is 0 Å². The number of rotatable bonds is 4. The Morgan fingerprint density at radius 2 is 1.74 bits per heavy atom. The molecule has 0 heterocycles. The maximum absolute atomic E-state index is 13.0. The second-order valence-corrected chi connectivity index (χ2v) is 6.09. The highest BCUT2D eigenvalue weighted by Gasteiger charge is 2.12. The first-order chi connectivity index (χ1) is 9.08. The lowest BCUT2D eigenvalue weighted by atomic mass is 10.2. The van der Waals surface area contributed by atoms with Gasteiger partial charge in [0, 0.05) is 0 Å². The highest BCUT2D eigenvalue weighted by atomic mass is 32.2. The van der Waals surface area contributed by atoms with Crippen molar-refractivity contribution >= 4 is 15.9 Å². The Hall–Kier alpha value is -1.94. The van der Waals surface area contributed by atoms with Crippen LogP contribution in [-0.4, -0.2) is 14.2 Å². The van der Waals surface area contributed by atoms with E-state index in [1.165, 1.54) is 18.2 Å². The van der Waals surface area contributed by atoms with Gasteiger partial charge in [-0.25, -0.2) is 12.8 Å². The lowest BCUT2D eigenvalue weighted by Crippen LogP contribution is -2.04. The fraction of sp³-hybridized carbons (Fsp3) is 0.0667. The van der Waals surface area contributed by atoms with Crippen molar-refractivity contribution in [1.29, 1.82) is 0 Å². The van der Waals surface area contributed by atoms with Crippen LogP contribution in [0.1, 0.15) is 5.56 Å². The molecule has 0 aliphatic heterocycles. The quantitative estimate of drug-likeness (QED) is 0.858. The van der Waals surface area contributed by atoms with E-state index in [2.05, 4.69) is 0 Å². The van der Waals surface area contributed by atoms with Crippen molar-refractivity contribution in [2.45, 2.75) is 4.90 Å². The first-order valence-electron chi connectivity index (χ1n) is 5.78. The van der Waals surface area contributed by atoms with Gasteiger partial charge < -0.3 is 0 Å². The molecular weight excluding hydrogens is 263 g/mol. The van der Waals surface area contributed by atoms with Gasteiger partial charge in [-0.3, -0.25) is 0 Å². The van der Waals surface area contributed by atoms with E-state index in [0.717, 1.165) is 11.6 Å². The Morgan fingerprint density at radius 1 is 1.00 bits per heavy atom. The van der Waals surface area contributed by atoms with Crippen LogP contribution in [0.2, 0.25) is 0 Å². The fourth-order valence-electron chi connectivity index (χ4n) is 1.63. The van der Waals surface area contributed by atoms with Crippen molar-refractivity contribution in [2.24, 2.45) is 0 Å². The van der Waals surface area contributed by atoms with E-state index in [0.29, 0.717) is 0 Å². The predicted molar refractivity (Wildman–Crippen MR) is 73.9 cm³/mol. The molecular formula is C15H13FO2S. The lowest BCUT2D eigenvalue weighted by molar-refractivity contribution is 0.593. The number of benzene rings is 2. The van der Waals surface area contributed by atoms with Crippen molar-refractivity contribution in [3.8, 4) is 0 Å². The molecule has 2 aromatic carbocycles. The van der Waals surface area contributed by atoms with Gasteiger partial charge >= 0.3 is 0 Å². The zero-order chi connectivity index (χ0) is 13.7. The topological polar surface area (TPSA) is 34.1 Å². The molecule has 2 rings (SSSR count). The largest absolute Gasteiger partial charge is 0.223 e. The molecule has 0 amide bonds. The van der Waals surface area contributed by atoms with E-state index < -0.39 is 15.7 Å². The molecule has 0 aliphatic rings. The molecule has 98 valence electrons. The van der Waals surface area contributed by atoms with Gasteiger partial charge in [0.15, 0.2) is 9.84 Å². The minimum Gasteiger partial charge on any atom is -0.223 e. The molecule has 19 heavy (non-hydrogen) atoms. The first-order valence-corrected chi connectivity index (χ1v) is 7.43. The van der Waals surface area contributed by atoms with Crippen molar-refractivity contribution in [3.63, 3.8) is 0 Å². The summed E-state index contributed by atoms with van der Waals surface area (Å²) < 4.78 is 36.9. The standard InChI is InChI=1S/C15H13FO2S/c16-14-9-4-10-15(12-14)19(17,18)11-5-8-13-6-2-1-3-7-13/h1-10,12H,11H2/b8-5+. The van der Waals surface area contributed by atoms with Gasteiger partial charge in [-0.1, -0.05) is 48.6 Å². The van der Waals surface area contributed by atoms with Crippen LogP contribution in [0.4, 0.5) is 4.39 Å². The summed E-state index contributed by atoms with van der Waals surface area (Å²) in [6.45, 7) is 0. The molecule has 2 aromatic rings. The predicted octanol–water partition coefficient (Wildman–Crippen LogP) is 3.31. The van der Waals surface area contributed by atoms with Gasteiger partial charge in [-0.15, -0.1) is 0 Å². The summed E-state index contributed by atoms with van der Waals surface area (Å²) in [7, 11) is -3.48. The van der Waals surface area contributed by atoms with Crippen LogP contribution in [0.3, 0.4) is 0 Å². The van der Waals surface area contributed by atoms with Crippen molar-refractivity contribution in [1.82, 2.24) is 0 Å². The number of hydrogen-bond acceptors (Lipinski definition) is 2. The Balaban J connectivity index is 2.13. The highest BCUT2D eigenvalue weighted by molar-refractivity contribution is 7.91. The molecule has 0 saturated heterocycles. The molecule has 0 aliphatic carbocycles. The molecule has 0 spiro atoms. The van der Waals surface area contributed by atoms with Gasteiger partial charge in [0.2, 0.25) is 0 Å². The molecule has 0 atom stereocenters. The minimum atomic E-state index is -3.48.